The van der Waals surface area contributed by atoms with Crippen LogP contribution in [0.3, 0.4) is 0 Å². The fourth-order valence-corrected chi connectivity index (χ4v) is 7.08. The van der Waals surface area contributed by atoms with Crippen LogP contribution in [0.2, 0.25) is 0 Å². The number of amides is 2. The smallest absolute Gasteiger partial charge is 0.246 e. The zero-order valence-corrected chi connectivity index (χ0v) is 20.1. The molecular weight excluding hydrogens is 428 g/mol. The van der Waals surface area contributed by atoms with E-state index in [-0.39, 0.29) is 34.7 Å². The first-order valence-corrected chi connectivity index (χ1v) is 12.5. The molecule has 1 aliphatic carbocycles. The number of carbonyl (C=O) groups excluding carboxylic acids is 2. The Hall–Kier alpha value is -1.64. The van der Waals surface area contributed by atoms with Crippen molar-refractivity contribution in [3.63, 3.8) is 0 Å². The predicted molar refractivity (Wildman–Crippen MR) is 129 cm³/mol. The second-order valence-corrected chi connectivity index (χ2v) is 11.2. The van der Waals surface area contributed by atoms with Gasteiger partial charge >= 0.3 is 0 Å². The number of nitrogens with zero attached hydrogens (tertiary/aromatic N) is 1. The lowest BCUT2D eigenvalue weighted by atomic mass is 9.84. The molecule has 2 saturated heterocycles. The van der Waals surface area contributed by atoms with Crippen LogP contribution in [0.4, 0.5) is 0 Å². The van der Waals surface area contributed by atoms with Crippen molar-refractivity contribution < 1.29 is 9.59 Å². The molecular formula is C23H32N4O2S2. The van der Waals surface area contributed by atoms with Gasteiger partial charge in [-0.25, -0.2) is 0 Å². The van der Waals surface area contributed by atoms with Crippen molar-refractivity contribution >= 4 is 40.8 Å². The third-order valence-corrected chi connectivity index (χ3v) is 8.18. The number of nitrogens with one attached hydrogen (secondary N) is 3. The Balaban J connectivity index is 1.55. The summed E-state index contributed by atoms with van der Waals surface area (Å²) in [6, 6.07) is 7.47. The number of likely N-dealkylation sites (N-methyl/N-ethyl adjacent to an activating group) is 1. The summed E-state index contributed by atoms with van der Waals surface area (Å²) in [5, 5.41) is 9.56. The lowest BCUT2D eigenvalue weighted by molar-refractivity contribution is -0.142. The Morgan fingerprint density at radius 3 is 2.77 bits per heavy atom. The summed E-state index contributed by atoms with van der Waals surface area (Å²) in [6.45, 7) is 4.75. The number of hydrogen-bond donors (Lipinski definition) is 3. The summed E-state index contributed by atoms with van der Waals surface area (Å²) in [7, 11) is 1.83. The molecule has 168 valence electrons. The van der Waals surface area contributed by atoms with E-state index in [9.17, 15) is 9.59 Å². The van der Waals surface area contributed by atoms with Gasteiger partial charge in [-0.3, -0.25) is 9.59 Å². The number of fused-ring (bicyclic) bond motifs is 2. The molecule has 6 nitrogen and oxygen atoms in total. The molecule has 1 aromatic rings. The molecule has 4 atom stereocenters. The van der Waals surface area contributed by atoms with Crippen molar-refractivity contribution in [1.82, 2.24) is 20.9 Å². The summed E-state index contributed by atoms with van der Waals surface area (Å²) >= 11 is 7.16. The Labute approximate surface area is 194 Å². The topological polar surface area (TPSA) is 73.5 Å². The molecule has 3 aliphatic rings. The molecule has 2 amide bonds. The van der Waals surface area contributed by atoms with Crippen LogP contribution in [-0.4, -0.2) is 58.5 Å². The van der Waals surface area contributed by atoms with Crippen molar-refractivity contribution in [3.05, 3.63) is 35.4 Å². The zero-order valence-electron chi connectivity index (χ0n) is 18.4. The van der Waals surface area contributed by atoms with Gasteiger partial charge in [0.15, 0.2) is 0 Å². The van der Waals surface area contributed by atoms with Crippen LogP contribution in [0, 0.1) is 5.41 Å². The van der Waals surface area contributed by atoms with Gasteiger partial charge < -0.3 is 20.9 Å². The fraction of sp³-hybridized carbons (Fsp3) is 0.609. The van der Waals surface area contributed by atoms with Crippen molar-refractivity contribution in [3.8, 4) is 0 Å². The zero-order chi connectivity index (χ0) is 22.2. The average Bonchev–Trinajstić information content (AvgIpc) is 3.20. The van der Waals surface area contributed by atoms with Crippen LogP contribution >= 0.6 is 24.0 Å². The minimum Gasteiger partial charge on any atom is -0.367 e. The molecule has 2 heterocycles. The Morgan fingerprint density at radius 1 is 1.23 bits per heavy atom. The van der Waals surface area contributed by atoms with E-state index in [0.717, 1.165) is 25.0 Å². The van der Waals surface area contributed by atoms with Gasteiger partial charge in [-0.05, 0) is 55.0 Å². The minimum absolute atomic E-state index is 0.00833. The van der Waals surface area contributed by atoms with Crippen LogP contribution in [0.5, 0.6) is 0 Å². The van der Waals surface area contributed by atoms with E-state index in [2.05, 4.69) is 41.9 Å². The van der Waals surface area contributed by atoms with Crippen LogP contribution in [0.15, 0.2) is 24.3 Å². The number of thioether (sulfide) groups is 1. The lowest BCUT2D eigenvalue weighted by Crippen LogP contribution is -2.57. The van der Waals surface area contributed by atoms with Crippen molar-refractivity contribution in [2.24, 2.45) is 5.41 Å². The highest BCUT2D eigenvalue weighted by Crippen LogP contribution is 2.46. The number of thiocarbonyl (C=S) groups is 1. The first-order valence-electron chi connectivity index (χ1n) is 11.1. The molecule has 3 N–H and O–H groups in total. The number of aryl methyl sites for hydroxylation is 1. The van der Waals surface area contributed by atoms with Crippen molar-refractivity contribution in [2.45, 2.75) is 63.0 Å². The standard InChI is InChI=1S/C23H32N4O2S2/c1-23(2)12-19-27(22(29)17(10-11-31-19)25-18(30)13-24-3)20(23)21(28)26-16-9-8-14-6-4-5-7-15(14)16/h4-7,16-17,19-20,24H,8-13H2,1-3H3,(H,25,30)(H,26,28)/t16-,17+,19+,20-/m1/s1. The average molecular weight is 461 g/mol. The van der Waals surface area contributed by atoms with Gasteiger partial charge in [-0.2, -0.15) is 0 Å². The molecule has 0 bridgehead atoms. The first kappa shape index (κ1) is 22.6. The maximum absolute atomic E-state index is 13.6. The Morgan fingerprint density at radius 2 is 2.00 bits per heavy atom. The van der Waals surface area contributed by atoms with Crippen LogP contribution in [-0.2, 0) is 16.0 Å². The predicted octanol–water partition coefficient (Wildman–Crippen LogP) is 2.39. The largest absolute Gasteiger partial charge is 0.367 e. The van der Waals surface area contributed by atoms with Gasteiger partial charge in [-0.15, -0.1) is 11.8 Å². The van der Waals surface area contributed by atoms with E-state index >= 15 is 0 Å². The van der Waals surface area contributed by atoms with Gasteiger partial charge in [0.05, 0.1) is 16.4 Å². The Kier molecular flexibility index (Phi) is 6.60. The normalized spacial score (nSPS) is 29.1. The van der Waals surface area contributed by atoms with E-state index in [1.54, 1.807) is 11.8 Å². The molecule has 0 spiro atoms. The molecule has 31 heavy (non-hydrogen) atoms. The highest BCUT2D eigenvalue weighted by molar-refractivity contribution is 7.99. The fourth-order valence-electron chi connectivity index (χ4n) is 5.22. The number of hydrogen-bond acceptors (Lipinski definition) is 5. The summed E-state index contributed by atoms with van der Waals surface area (Å²) in [5.41, 5.74) is 2.22. The van der Waals surface area contributed by atoms with Crippen molar-refractivity contribution in [1.29, 1.82) is 0 Å². The SMILES string of the molecule is CNCC(=S)N[C@H]1CCS[C@H]2CC(C)(C)[C@@H](C(=O)N[C@@H]3CCc4ccccc43)N2C1=O. The maximum atomic E-state index is 13.6. The molecule has 0 unspecified atom stereocenters. The van der Waals surface area contributed by atoms with E-state index in [0.29, 0.717) is 18.0 Å². The van der Waals surface area contributed by atoms with E-state index in [4.69, 9.17) is 12.2 Å². The molecule has 8 heteroatoms. The summed E-state index contributed by atoms with van der Waals surface area (Å²) in [4.78, 5) is 29.7. The third kappa shape index (κ3) is 4.47. The number of rotatable bonds is 5. The van der Waals surface area contributed by atoms with E-state index < -0.39 is 6.04 Å². The summed E-state index contributed by atoms with van der Waals surface area (Å²) in [5.74, 6) is 0.820. The second-order valence-electron chi connectivity index (χ2n) is 9.40. The molecule has 0 aromatic heterocycles. The number of carbonyl (C=O) groups is 2. The monoisotopic (exact) mass is 460 g/mol. The molecule has 0 radical (unpaired) electrons. The molecule has 2 fully saturated rings. The van der Waals surface area contributed by atoms with Crippen LogP contribution < -0.4 is 16.0 Å². The van der Waals surface area contributed by atoms with Gasteiger partial charge in [0.1, 0.15) is 12.1 Å². The molecule has 0 saturated carbocycles. The highest BCUT2D eigenvalue weighted by atomic mass is 32.2. The lowest BCUT2D eigenvalue weighted by Gasteiger charge is -2.35. The maximum Gasteiger partial charge on any atom is 0.246 e. The number of benzene rings is 1. The molecule has 2 aliphatic heterocycles. The molecule has 1 aromatic carbocycles. The van der Waals surface area contributed by atoms with Gasteiger partial charge in [0, 0.05) is 6.54 Å². The summed E-state index contributed by atoms with van der Waals surface area (Å²) in [6.07, 6.45) is 3.42. The second kappa shape index (κ2) is 9.08. The summed E-state index contributed by atoms with van der Waals surface area (Å²) < 4.78 is 0. The van der Waals surface area contributed by atoms with Gasteiger partial charge in [0.2, 0.25) is 11.8 Å². The highest BCUT2D eigenvalue weighted by Gasteiger charge is 2.54. The van der Waals surface area contributed by atoms with Crippen molar-refractivity contribution in [2.75, 3.05) is 19.3 Å². The van der Waals surface area contributed by atoms with Crippen LogP contribution in [0.25, 0.3) is 0 Å². The van der Waals surface area contributed by atoms with Gasteiger partial charge in [-0.1, -0.05) is 50.3 Å². The van der Waals surface area contributed by atoms with Gasteiger partial charge in [0.25, 0.3) is 0 Å². The molecule has 4 rings (SSSR count). The van der Waals surface area contributed by atoms with Crippen LogP contribution in [0.1, 0.15) is 50.3 Å². The quantitative estimate of drug-likeness (QED) is 0.586. The van der Waals surface area contributed by atoms with E-state index in [1.807, 2.05) is 24.1 Å². The third-order valence-electron chi connectivity index (χ3n) is 6.67. The minimum atomic E-state index is -0.481. The Bertz CT molecular complexity index is 875. The first-order chi connectivity index (χ1) is 14.8. The van der Waals surface area contributed by atoms with E-state index in [1.165, 1.54) is 11.1 Å².